The number of rotatable bonds is 3. The van der Waals surface area contributed by atoms with Gasteiger partial charge in [-0.1, -0.05) is 7.43 Å². The van der Waals surface area contributed by atoms with E-state index in [0.29, 0.717) is 11.8 Å². The number of methoxy groups -OCH3 is 2. The first kappa shape index (κ1) is 39.1. The zero-order chi connectivity index (χ0) is 30.7. The SMILES string of the molecule is C.COc1cc(C)c(B2OC(C)(C)C(C)(C)O2)cn1.COc1cc(C)c(Br)cn1.Cc1cc(F)ncc1Br.[B][B][B]. The van der Waals surface area contributed by atoms with Crippen molar-refractivity contribution in [1.82, 2.24) is 15.0 Å². The number of hydrogen-bond donors (Lipinski definition) is 0. The van der Waals surface area contributed by atoms with Crippen LogP contribution in [0.5, 0.6) is 11.8 Å². The normalized spacial score (nSPS) is 14.0. The molecule has 0 amide bonds. The molecule has 0 saturated carbocycles. The van der Waals surface area contributed by atoms with E-state index in [1.54, 1.807) is 26.6 Å². The monoisotopic (exact) mass is 688 g/mol. The lowest BCUT2D eigenvalue weighted by Gasteiger charge is -2.32. The number of hydrogen-bond acceptors (Lipinski definition) is 7. The fraction of sp³-hybridized carbons (Fsp3) is 0.444. The average Bonchev–Trinajstić information content (AvgIpc) is 3.10. The Morgan fingerprint density at radius 2 is 1.17 bits per heavy atom. The van der Waals surface area contributed by atoms with Crippen molar-refractivity contribution in [3.63, 3.8) is 0 Å². The van der Waals surface area contributed by atoms with Gasteiger partial charge in [0.1, 0.15) is 0 Å². The second kappa shape index (κ2) is 17.9. The molecule has 4 heterocycles. The van der Waals surface area contributed by atoms with Crippen molar-refractivity contribution >= 4 is 67.0 Å². The number of ether oxygens (including phenoxy) is 2. The van der Waals surface area contributed by atoms with Crippen LogP contribution in [0.25, 0.3) is 0 Å². The van der Waals surface area contributed by atoms with Crippen LogP contribution in [-0.2, 0) is 9.31 Å². The molecule has 0 N–H and O–H groups in total. The third kappa shape index (κ3) is 12.1. The highest BCUT2D eigenvalue weighted by molar-refractivity contribution is 9.10. The molecule has 0 aliphatic carbocycles. The predicted molar refractivity (Wildman–Crippen MR) is 175 cm³/mol. The van der Waals surface area contributed by atoms with Crippen LogP contribution in [0, 0.1) is 26.7 Å². The zero-order valence-electron chi connectivity index (χ0n) is 24.4. The average molecular weight is 690 g/mol. The molecule has 0 bridgehead atoms. The molecule has 1 aliphatic heterocycles. The third-order valence-electron chi connectivity index (χ3n) is 6.09. The molecule has 5 radical (unpaired) electrons. The first-order valence-corrected chi connectivity index (χ1v) is 13.8. The summed E-state index contributed by atoms with van der Waals surface area (Å²) in [6, 6.07) is 5.15. The van der Waals surface area contributed by atoms with Gasteiger partial charge in [0.05, 0.1) is 25.4 Å². The van der Waals surface area contributed by atoms with Gasteiger partial charge < -0.3 is 18.8 Å². The molecule has 0 aromatic carbocycles. The van der Waals surface area contributed by atoms with Crippen molar-refractivity contribution in [3.8, 4) is 11.8 Å². The molecule has 0 atom stereocenters. The van der Waals surface area contributed by atoms with Crippen LogP contribution in [0.15, 0.2) is 45.7 Å². The van der Waals surface area contributed by atoms with Gasteiger partial charge in [0.15, 0.2) is 0 Å². The van der Waals surface area contributed by atoms with Crippen LogP contribution < -0.4 is 14.9 Å². The largest absolute Gasteiger partial charge is 0.496 e. The van der Waals surface area contributed by atoms with E-state index < -0.39 is 5.95 Å². The molecule has 41 heavy (non-hydrogen) atoms. The highest BCUT2D eigenvalue weighted by Gasteiger charge is 2.52. The number of aromatic nitrogens is 3. The van der Waals surface area contributed by atoms with E-state index in [1.807, 2.05) is 60.6 Å². The summed E-state index contributed by atoms with van der Waals surface area (Å²) in [5, 5.41) is 0. The summed E-state index contributed by atoms with van der Waals surface area (Å²) in [5.74, 6) is 0.823. The fourth-order valence-electron chi connectivity index (χ4n) is 3.00. The van der Waals surface area contributed by atoms with E-state index in [1.165, 1.54) is 12.3 Å². The van der Waals surface area contributed by atoms with Crippen LogP contribution in [0.3, 0.4) is 0 Å². The number of nitrogens with zero attached hydrogens (tertiary/aromatic N) is 3. The van der Waals surface area contributed by atoms with Gasteiger partial charge in [0, 0.05) is 67.7 Å². The summed E-state index contributed by atoms with van der Waals surface area (Å²) < 4.78 is 36.1. The topological polar surface area (TPSA) is 75.6 Å². The van der Waals surface area contributed by atoms with E-state index in [-0.39, 0.29) is 25.7 Å². The summed E-state index contributed by atoms with van der Waals surface area (Å²) in [6.07, 6.45) is 4.94. The summed E-state index contributed by atoms with van der Waals surface area (Å²) in [7, 11) is 12.8. The number of aryl methyl sites for hydroxylation is 3. The molecule has 1 saturated heterocycles. The van der Waals surface area contributed by atoms with Crippen molar-refractivity contribution in [2.24, 2.45) is 0 Å². The van der Waals surface area contributed by atoms with Crippen molar-refractivity contribution in [2.45, 2.75) is 67.1 Å². The lowest BCUT2D eigenvalue weighted by atomic mass is 9.40. The first-order chi connectivity index (χ1) is 18.6. The molecule has 4 rings (SSSR count). The Morgan fingerprint density at radius 3 is 1.54 bits per heavy atom. The standard InChI is InChI=1S/C13H20BNO3.C7H8BrNO.C6H5BrFN.CH4.B3/c1-9-7-11(16-6)15-8-10(9)14-17-12(2,3)13(4,5)18-14;1-5-3-7(10-2)9-4-6(5)8;1-4-2-6(8)9-3-5(4)7;;1-3-2/h7-8H,1-6H3;3-4H,1-2H3;2-3H,1H3;1H4;. The molecule has 1 aliphatic rings. The van der Waals surface area contributed by atoms with Crippen molar-refractivity contribution in [2.75, 3.05) is 14.2 Å². The van der Waals surface area contributed by atoms with Crippen LogP contribution >= 0.6 is 31.9 Å². The molecule has 3 aromatic rings. The fourth-order valence-corrected chi connectivity index (χ4v) is 3.43. The maximum Gasteiger partial charge on any atom is 0.496 e. The van der Waals surface area contributed by atoms with E-state index in [4.69, 9.17) is 18.8 Å². The molecular weight excluding hydrogens is 652 g/mol. The third-order valence-corrected chi connectivity index (χ3v) is 7.75. The molecule has 0 unspecified atom stereocenters. The quantitative estimate of drug-likeness (QED) is 0.260. The van der Waals surface area contributed by atoms with Crippen molar-refractivity contribution < 1.29 is 23.2 Å². The number of halogens is 3. The maximum atomic E-state index is 12.2. The van der Waals surface area contributed by atoms with Crippen LogP contribution in [0.1, 0.15) is 51.8 Å². The van der Waals surface area contributed by atoms with E-state index in [0.717, 1.165) is 38.2 Å². The van der Waals surface area contributed by atoms with Gasteiger partial charge in [-0.15, -0.1) is 0 Å². The Kier molecular flexibility index (Phi) is 17.1. The Labute approximate surface area is 265 Å². The second-order valence-electron chi connectivity index (χ2n) is 9.60. The highest BCUT2D eigenvalue weighted by Crippen LogP contribution is 2.36. The highest BCUT2D eigenvalue weighted by atomic mass is 79.9. The van der Waals surface area contributed by atoms with E-state index in [9.17, 15) is 4.39 Å². The van der Waals surface area contributed by atoms with Gasteiger partial charge in [-0.05, 0) is 103 Å². The Morgan fingerprint density at radius 1 is 0.780 bits per heavy atom. The zero-order valence-corrected chi connectivity index (χ0v) is 27.6. The Hall–Kier alpha value is -1.88. The lowest BCUT2D eigenvalue weighted by Crippen LogP contribution is -2.41. The van der Waals surface area contributed by atoms with Gasteiger partial charge in [0.2, 0.25) is 17.7 Å². The Bertz CT molecular complexity index is 1230. The summed E-state index contributed by atoms with van der Waals surface area (Å²) in [5.41, 5.74) is 3.35. The molecule has 0 spiro atoms. The van der Waals surface area contributed by atoms with Crippen LogP contribution in [-0.4, -0.2) is 70.0 Å². The minimum atomic E-state index is -0.435. The van der Waals surface area contributed by atoms with Crippen molar-refractivity contribution in [3.05, 3.63) is 68.4 Å². The van der Waals surface area contributed by atoms with Gasteiger partial charge in [-0.25, -0.2) is 15.0 Å². The predicted octanol–water partition coefficient (Wildman–Crippen LogP) is 5.64. The van der Waals surface area contributed by atoms with Gasteiger partial charge in [0.25, 0.3) is 0 Å². The maximum absolute atomic E-state index is 12.2. The van der Waals surface area contributed by atoms with Gasteiger partial charge in [-0.3, -0.25) is 0 Å². The first-order valence-electron chi connectivity index (χ1n) is 12.2. The summed E-state index contributed by atoms with van der Waals surface area (Å²) in [4.78, 5) is 11.6. The molecule has 3 aromatic heterocycles. The van der Waals surface area contributed by atoms with Gasteiger partial charge in [-0.2, -0.15) is 4.39 Å². The smallest absolute Gasteiger partial charge is 0.481 e. The minimum Gasteiger partial charge on any atom is -0.481 e. The molecule has 217 valence electrons. The molecule has 1 fully saturated rings. The van der Waals surface area contributed by atoms with Gasteiger partial charge >= 0.3 is 7.12 Å². The molecular formula is C27H37B4Br2FN3O4. The van der Waals surface area contributed by atoms with Crippen LogP contribution in [0.4, 0.5) is 4.39 Å². The summed E-state index contributed by atoms with van der Waals surface area (Å²) in [6.45, 7) is 14.0. The summed E-state index contributed by atoms with van der Waals surface area (Å²) >= 11 is 6.54. The molecule has 7 nitrogen and oxygen atoms in total. The van der Waals surface area contributed by atoms with Crippen LogP contribution in [0.2, 0.25) is 0 Å². The molecule has 14 heteroatoms. The lowest BCUT2D eigenvalue weighted by molar-refractivity contribution is 0.00578. The Balaban J connectivity index is 0.000000593. The van der Waals surface area contributed by atoms with E-state index >= 15 is 0 Å². The van der Waals surface area contributed by atoms with E-state index in [2.05, 4.69) is 62.3 Å². The number of pyridine rings is 3. The second-order valence-corrected chi connectivity index (χ2v) is 11.3. The van der Waals surface area contributed by atoms with Crippen molar-refractivity contribution in [1.29, 1.82) is 0 Å². The minimum absolute atomic E-state index is 0.